The molecule has 1 atom stereocenters. The third-order valence-corrected chi connectivity index (χ3v) is 3.34. The molecule has 2 nitrogen and oxygen atoms in total. The van der Waals surface area contributed by atoms with Crippen LogP contribution in [0.5, 0.6) is 0 Å². The minimum atomic E-state index is 0.115. The number of anilines is 1. The van der Waals surface area contributed by atoms with Crippen LogP contribution in [0, 0.1) is 6.92 Å². The maximum atomic E-state index is 6.09. The first-order valence-electron chi connectivity index (χ1n) is 5.71. The number of benzene rings is 1. The van der Waals surface area contributed by atoms with Gasteiger partial charge in [-0.25, -0.2) is 4.98 Å². The fourth-order valence-corrected chi connectivity index (χ4v) is 2.23. The van der Waals surface area contributed by atoms with Crippen LogP contribution in [0.25, 0.3) is 0 Å². The van der Waals surface area contributed by atoms with Crippen LogP contribution in [-0.4, -0.2) is 4.98 Å². The van der Waals surface area contributed by atoms with Crippen molar-refractivity contribution in [1.82, 2.24) is 4.98 Å². The molecule has 2 rings (SSSR count). The van der Waals surface area contributed by atoms with Crippen molar-refractivity contribution in [1.29, 1.82) is 0 Å². The number of rotatable bonds is 3. The quantitative estimate of drug-likeness (QED) is 0.812. The normalized spacial score (nSPS) is 12.2. The molecule has 0 amide bonds. The minimum absolute atomic E-state index is 0.115. The van der Waals surface area contributed by atoms with Crippen LogP contribution in [0.15, 0.2) is 36.5 Å². The monoisotopic (exact) mass is 280 g/mol. The van der Waals surface area contributed by atoms with Gasteiger partial charge in [-0.3, -0.25) is 0 Å². The number of aryl methyl sites for hydroxylation is 1. The molecule has 0 aliphatic carbocycles. The van der Waals surface area contributed by atoms with Gasteiger partial charge in [-0.05, 0) is 43.2 Å². The van der Waals surface area contributed by atoms with E-state index in [-0.39, 0.29) is 6.04 Å². The van der Waals surface area contributed by atoms with Gasteiger partial charge in [-0.1, -0.05) is 35.3 Å². The summed E-state index contributed by atoms with van der Waals surface area (Å²) in [5, 5.41) is 4.59. The van der Waals surface area contributed by atoms with E-state index >= 15 is 0 Å². The highest BCUT2D eigenvalue weighted by Gasteiger charge is 2.10. The first kappa shape index (κ1) is 13.2. The molecule has 4 heteroatoms. The highest BCUT2D eigenvalue weighted by molar-refractivity contribution is 6.32. The lowest BCUT2D eigenvalue weighted by Gasteiger charge is -2.18. The van der Waals surface area contributed by atoms with Crippen molar-refractivity contribution in [2.75, 3.05) is 5.32 Å². The van der Waals surface area contributed by atoms with Crippen LogP contribution in [0.4, 0.5) is 5.69 Å². The minimum Gasteiger partial charge on any atom is -0.376 e. The average molecular weight is 281 g/mol. The third-order valence-electron chi connectivity index (χ3n) is 2.82. The molecule has 94 valence electrons. The maximum Gasteiger partial charge on any atom is 0.152 e. The summed E-state index contributed by atoms with van der Waals surface area (Å²) in [5.74, 6) is 0. The Morgan fingerprint density at radius 3 is 2.67 bits per heavy atom. The van der Waals surface area contributed by atoms with Crippen molar-refractivity contribution in [3.05, 3.63) is 57.8 Å². The summed E-state index contributed by atoms with van der Waals surface area (Å²) in [6.45, 7) is 4.06. The third kappa shape index (κ3) is 2.95. The van der Waals surface area contributed by atoms with E-state index in [1.54, 1.807) is 6.20 Å². The lowest BCUT2D eigenvalue weighted by molar-refractivity contribution is 0.880. The Balaban J connectivity index is 2.24. The van der Waals surface area contributed by atoms with Gasteiger partial charge in [0.1, 0.15) is 0 Å². The first-order chi connectivity index (χ1) is 8.58. The second kappa shape index (κ2) is 5.59. The van der Waals surface area contributed by atoms with Gasteiger partial charge >= 0.3 is 0 Å². The van der Waals surface area contributed by atoms with E-state index in [0.717, 1.165) is 21.8 Å². The number of hydrogen-bond donors (Lipinski definition) is 1. The average Bonchev–Trinajstić information content (AvgIpc) is 2.34. The molecule has 0 saturated carbocycles. The maximum absolute atomic E-state index is 6.09. The summed E-state index contributed by atoms with van der Waals surface area (Å²) in [5.41, 5.74) is 3.05. The van der Waals surface area contributed by atoms with E-state index in [0.29, 0.717) is 5.15 Å². The molecule has 0 aliphatic heterocycles. The van der Waals surface area contributed by atoms with E-state index in [1.807, 2.05) is 37.3 Å². The second-order valence-electron chi connectivity index (χ2n) is 4.21. The van der Waals surface area contributed by atoms with Gasteiger partial charge in [-0.2, -0.15) is 0 Å². The smallest absolute Gasteiger partial charge is 0.152 e. The van der Waals surface area contributed by atoms with E-state index in [4.69, 9.17) is 23.2 Å². The molecule has 0 aliphatic rings. The fourth-order valence-electron chi connectivity index (χ4n) is 1.77. The van der Waals surface area contributed by atoms with E-state index in [9.17, 15) is 0 Å². The van der Waals surface area contributed by atoms with Gasteiger partial charge in [-0.15, -0.1) is 0 Å². The number of nitrogens with zero attached hydrogens (tertiary/aromatic N) is 1. The molecule has 0 saturated heterocycles. The van der Waals surface area contributed by atoms with Crippen molar-refractivity contribution in [3.63, 3.8) is 0 Å². The molecular formula is C14H14Cl2N2. The number of aromatic nitrogens is 1. The van der Waals surface area contributed by atoms with Crippen molar-refractivity contribution < 1.29 is 0 Å². The number of halogens is 2. The Morgan fingerprint density at radius 1 is 1.22 bits per heavy atom. The molecule has 2 aromatic rings. The number of hydrogen-bond acceptors (Lipinski definition) is 2. The number of nitrogens with one attached hydrogen (secondary N) is 1. The number of pyridine rings is 1. The predicted molar refractivity (Wildman–Crippen MR) is 77.5 cm³/mol. The Bertz CT molecular complexity index is 535. The molecule has 0 radical (unpaired) electrons. The van der Waals surface area contributed by atoms with Crippen molar-refractivity contribution in [2.45, 2.75) is 19.9 Å². The summed E-state index contributed by atoms with van der Waals surface area (Å²) in [4.78, 5) is 4.08. The molecule has 1 aromatic heterocycles. The van der Waals surface area contributed by atoms with Gasteiger partial charge in [0.25, 0.3) is 0 Å². The van der Waals surface area contributed by atoms with E-state index in [2.05, 4.69) is 17.2 Å². The molecule has 1 aromatic carbocycles. The fraction of sp³-hybridized carbons (Fsp3) is 0.214. The van der Waals surface area contributed by atoms with Crippen LogP contribution in [0.3, 0.4) is 0 Å². The van der Waals surface area contributed by atoms with Crippen LogP contribution in [0.2, 0.25) is 10.2 Å². The molecule has 0 spiro atoms. The Morgan fingerprint density at radius 2 is 2.00 bits per heavy atom. The highest BCUT2D eigenvalue weighted by atomic mass is 35.5. The predicted octanol–water partition coefficient (Wildman–Crippen LogP) is 4.87. The zero-order valence-corrected chi connectivity index (χ0v) is 11.8. The highest BCUT2D eigenvalue weighted by Crippen LogP contribution is 2.28. The lowest BCUT2D eigenvalue weighted by atomic mass is 10.1. The zero-order valence-electron chi connectivity index (χ0n) is 10.2. The van der Waals surface area contributed by atoms with Gasteiger partial charge in [0.15, 0.2) is 5.15 Å². The van der Waals surface area contributed by atoms with Crippen molar-refractivity contribution >= 4 is 28.9 Å². The molecule has 0 bridgehead atoms. The van der Waals surface area contributed by atoms with E-state index in [1.165, 1.54) is 0 Å². The standard InChI is InChI=1S/C14H14Cl2N2/c1-9-6-7-17-14(16)13(9)18-10(2)11-4-3-5-12(15)8-11/h3-8,10,18H,1-2H3. The lowest BCUT2D eigenvalue weighted by Crippen LogP contribution is -2.08. The van der Waals surface area contributed by atoms with Crippen LogP contribution < -0.4 is 5.32 Å². The second-order valence-corrected chi connectivity index (χ2v) is 5.01. The van der Waals surface area contributed by atoms with Crippen LogP contribution in [0.1, 0.15) is 24.1 Å². The molecule has 18 heavy (non-hydrogen) atoms. The molecule has 1 N–H and O–H groups in total. The summed E-state index contributed by atoms with van der Waals surface area (Å²) >= 11 is 12.1. The largest absolute Gasteiger partial charge is 0.376 e. The Hall–Kier alpha value is -1.25. The Kier molecular flexibility index (Phi) is 4.10. The van der Waals surface area contributed by atoms with Gasteiger partial charge in [0.05, 0.1) is 5.69 Å². The van der Waals surface area contributed by atoms with Crippen LogP contribution >= 0.6 is 23.2 Å². The topological polar surface area (TPSA) is 24.9 Å². The van der Waals surface area contributed by atoms with Crippen LogP contribution in [-0.2, 0) is 0 Å². The van der Waals surface area contributed by atoms with Gasteiger partial charge in [0.2, 0.25) is 0 Å². The molecule has 1 heterocycles. The summed E-state index contributed by atoms with van der Waals surface area (Å²) in [6.07, 6.45) is 1.70. The van der Waals surface area contributed by atoms with E-state index < -0.39 is 0 Å². The van der Waals surface area contributed by atoms with Crippen molar-refractivity contribution in [3.8, 4) is 0 Å². The SMILES string of the molecule is Cc1ccnc(Cl)c1NC(C)c1cccc(Cl)c1. The van der Waals surface area contributed by atoms with Gasteiger partial charge < -0.3 is 5.32 Å². The first-order valence-corrected chi connectivity index (χ1v) is 6.46. The summed E-state index contributed by atoms with van der Waals surface area (Å²) in [7, 11) is 0. The Labute approximate surface area is 117 Å². The zero-order chi connectivity index (χ0) is 13.1. The van der Waals surface area contributed by atoms with Crippen molar-refractivity contribution in [2.24, 2.45) is 0 Å². The summed E-state index contributed by atoms with van der Waals surface area (Å²) < 4.78 is 0. The molecular weight excluding hydrogens is 267 g/mol. The molecule has 0 fully saturated rings. The summed E-state index contributed by atoms with van der Waals surface area (Å²) in [6, 6.07) is 9.82. The van der Waals surface area contributed by atoms with Gasteiger partial charge in [0, 0.05) is 17.3 Å². The molecule has 1 unspecified atom stereocenters.